The number of carbonyl (C=O) groups is 2. The Balaban J connectivity index is 2.35. The molecule has 0 heterocycles. The maximum atomic E-state index is 13.3. The van der Waals surface area contributed by atoms with Crippen LogP contribution in [0.2, 0.25) is 0 Å². The van der Waals surface area contributed by atoms with Crippen molar-refractivity contribution in [3.05, 3.63) is 65.7 Å². The summed E-state index contributed by atoms with van der Waals surface area (Å²) < 4.78 is 25.9. The van der Waals surface area contributed by atoms with Crippen LogP contribution in [0, 0.1) is 6.92 Å². The standard InChI is InChI=1S/C23H31N3O4S/c1-5-15-24-23(28)19(3)25(16-20-12-10-9-11-18(20)2)22(27)17-26(31(4,29)30)21-13-7-6-8-14-21/h6-14,19H,5,15-17H2,1-4H3,(H,24,28)/t19-/m1/s1. The van der Waals surface area contributed by atoms with Crippen molar-refractivity contribution in [1.29, 1.82) is 0 Å². The zero-order valence-corrected chi connectivity index (χ0v) is 19.4. The molecule has 168 valence electrons. The number of aryl methyl sites for hydroxylation is 1. The first-order chi connectivity index (χ1) is 14.6. The van der Waals surface area contributed by atoms with Crippen LogP contribution in [0.3, 0.4) is 0 Å². The summed E-state index contributed by atoms with van der Waals surface area (Å²) in [5, 5.41) is 2.82. The summed E-state index contributed by atoms with van der Waals surface area (Å²) in [7, 11) is -3.70. The molecule has 31 heavy (non-hydrogen) atoms. The number of sulfonamides is 1. The Morgan fingerprint density at radius 3 is 2.23 bits per heavy atom. The lowest BCUT2D eigenvalue weighted by Crippen LogP contribution is -2.51. The highest BCUT2D eigenvalue weighted by molar-refractivity contribution is 7.92. The predicted octanol–water partition coefficient (Wildman–Crippen LogP) is 2.70. The summed E-state index contributed by atoms with van der Waals surface area (Å²) in [6, 6.07) is 15.3. The smallest absolute Gasteiger partial charge is 0.244 e. The molecule has 0 bridgehead atoms. The number of rotatable bonds is 10. The molecule has 0 spiro atoms. The van der Waals surface area contributed by atoms with E-state index in [1.807, 2.05) is 38.1 Å². The number of anilines is 1. The third-order valence-electron chi connectivity index (χ3n) is 5.04. The van der Waals surface area contributed by atoms with Gasteiger partial charge in [-0.3, -0.25) is 13.9 Å². The van der Waals surface area contributed by atoms with Crippen LogP contribution in [0.5, 0.6) is 0 Å². The molecule has 0 fully saturated rings. The topological polar surface area (TPSA) is 86.8 Å². The van der Waals surface area contributed by atoms with Crippen molar-refractivity contribution in [3.8, 4) is 0 Å². The lowest BCUT2D eigenvalue weighted by Gasteiger charge is -2.31. The van der Waals surface area contributed by atoms with Crippen LogP contribution in [0.4, 0.5) is 5.69 Å². The quantitative estimate of drug-likeness (QED) is 0.609. The highest BCUT2D eigenvalue weighted by atomic mass is 32.2. The van der Waals surface area contributed by atoms with Crippen LogP contribution in [0.25, 0.3) is 0 Å². The van der Waals surface area contributed by atoms with Crippen molar-refractivity contribution < 1.29 is 18.0 Å². The van der Waals surface area contributed by atoms with Crippen LogP contribution in [-0.4, -0.2) is 50.5 Å². The third-order valence-corrected chi connectivity index (χ3v) is 6.18. The number of hydrogen-bond acceptors (Lipinski definition) is 4. The molecule has 0 aliphatic heterocycles. The average molecular weight is 446 g/mol. The van der Waals surface area contributed by atoms with Gasteiger partial charge in [-0.1, -0.05) is 49.4 Å². The molecule has 7 nitrogen and oxygen atoms in total. The van der Waals surface area contributed by atoms with E-state index >= 15 is 0 Å². The molecule has 0 aliphatic carbocycles. The van der Waals surface area contributed by atoms with E-state index in [-0.39, 0.29) is 19.0 Å². The second-order valence-electron chi connectivity index (χ2n) is 7.52. The molecule has 1 atom stereocenters. The van der Waals surface area contributed by atoms with E-state index in [9.17, 15) is 18.0 Å². The van der Waals surface area contributed by atoms with Gasteiger partial charge < -0.3 is 10.2 Å². The first-order valence-corrected chi connectivity index (χ1v) is 12.1. The van der Waals surface area contributed by atoms with Crippen molar-refractivity contribution in [2.24, 2.45) is 0 Å². The van der Waals surface area contributed by atoms with Crippen molar-refractivity contribution >= 4 is 27.5 Å². The van der Waals surface area contributed by atoms with Crippen LogP contribution >= 0.6 is 0 Å². The highest BCUT2D eigenvalue weighted by Crippen LogP contribution is 2.19. The van der Waals surface area contributed by atoms with Crippen LogP contribution in [-0.2, 0) is 26.2 Å². The Morgan fingerprint density at radius 2 is 1.65 bits per heavy atom. The number of nitrogens with one attached hydrogen (secondary N) is 1. The first-order valence-electron chi connectivity index (χ1n) is 10.3. The molecule has 0 saturated carbocycles. The zero-order valence-electron chi connectivity index (χ0n) is 18.5. The van der Waals surface area contributed by atoms with Crippen LogP contribution < -0.4 is 9.62 Å². The molecule has 1 N–H and O–H groups in total. The molecule has 0 aromatic heterocycles. The van der Waals surface area contributed by atoms with E-state index < -0.39 is 22.0 Å². The van der Waals surface area contributed by atoms with Gasteiger partial charge in [0.1, 0.15) is 12.6 Å². The number of benzene rings is 2. The van der Waals surface area contributed by atoms with Crippen molar-refractivity contribution in [3.63, 3.8) is 0 Å². The Bertz CT molecular complexity index is 993. The van der Waals surface area contributed by atoms with Gasteiger partial charge in [0, 0.05) is 13.1 Å². The van der Waals surface area contributed by atoms with Crippen LogP contribution in [0.15, 0.2) is 54.6 Å². The van der Waals surface area contributed by atoms with Gasteiger partial charge in [-0.15, -0.1) is 0 Å². The van der Waals surface area contributed by atoms with Gasteiger partial charge >= 0.3 is 0 Å². The fourth-order valence-corrected chi connectivity index (χ4v) is 4.01. The van der Waals surface area contributed by atoms with Gasteiger partial charge in [0.05, 0.1) is 11.9 Å². The second-order valence-corrected chi connectivity index (χ2v) is 9.43. The van der Waals surface area contributed by atoms with Gasteiger partial charge in [0.2, 0.25) is 21.8 Å². The molecule has 0 saturated heterocycles. The summed E-state index contributed by atoms with van der Waals surface area (Å²) in [5.41, 5.74) is 2.29. The minimum absolute atomic E-state index is 0.207. The van der Waals surface area contributed by atoms with Gasteiger partial charge in [-0.05, 0) is 43.5 Å². The minimum atomic E-state index is -3.70. The van der Waals surface area contributed by atoms with Crippen molar-refractivity contribution in [1.82, 2.24) is 10.2 Å². The summed E-state index contributed by atoms with van der Waals surface area (Å²) in [4.78, 5) is 27.4. The number of amides is 2. The monoisotopic (exact) mass is 445 g/mol. The van der Waals surface area contributed by atoms with E-state index in [2.05, 4.69) is 5.32 Å². The van der Waals surface area contributed by atoms with Gasteiger partial charge in [-0.25, -0.2) is 8.42 Å². The zero-order chi connectivity index (χ0) is 23.0. The van der Waals surface area contributed by atoms with E-state index in [1.165, 1.54) is 4.90 Å². The van der Waals surface area contributed by atoms with E-state index in [0.717, 1.165) is 28.1 Å². The molecular formula is C23H31N3O4S. The largest absolute Gasteiger partial charge is 0.354 e. The molecule has 2 aromatic rings. The van der Waals surface area contributed by atoms with Crippen molar-refractivity contribution in [2.75, 3.05) is 23.7 Å². The summed E-state index contributed by atoms with van der Waals surface area (Å²) in [5.74, 6) is -0.717. The Hall–Kier alpha value is -2.87. The number of nitrogens with zero attached hydrogens (tertiary/aromatic N) is 2. The van der Waals surface area contributed by atoms with E-state index in [4.69, 9.17) is 0 Å². The van der Waals surface area contributed by atoms with Gasteiger partial charge in [0.15, 0.2) is 0 Å². The third kappa shape index (κ3) is 6.82. The summed E-state index contributed by atoms with van der Waals surface area (Å²) in [6.07, 6.45) is 1.84. The number of carbonyl (C=O) groups excluding carboxylic acids is 2. The molecule has 2 amide bonds. The molecular weight excluding hydrogens is 414 g/mol. The molecule has 2 rings (SSSR count). The summed E-state index contributed by atoms with van der Waals surface area (Å²) >= 11 is 0. The lowest BCUT2D eigenvalue weighted by atomic mass is 10.1. The SMILES string of the molecule is CCCNC(=O)[C@@H](C)N(Cc1ccccc1C)C(=O)CN(c1ccccc1)S(C)(=O)=O. The van der Waals surface area contributed by atoms with Crippen molar-refractivity contribution in [2.45, 2.75) is 39.8 Å². The fourth-order valence-electron chi connectivity index (χ4n) is 3.16. The normalized spacial score (nSPS) is 12.1. The minimum Gasteiger partial charge on any atom is -0.354 e. The molecule has 2 aromatic carbocycles. The highest BCUT2D eigenvalue weighted by Gasteiger charge is 2.30. The Kier molecular flexibility index (Phi) is 8.62. The van der Waals surface area contributed by atoms with Gasteiger partial charge in [0.25, 0.3) is 0 Å². The van der Waals surface area contributed by atoms with E-state index in [1.54, 1.807) is 37.3 Å². The summed E-state index contributed by atoms with van der Waals surface area (Å²) in [6.45, 7) is 5.87. The first kappa shape index (κ1) is 24.4. The maximum Gasteiger partial charge on any atom is 0.244 e. The van der Waals surface area contributed by atoms with E-state index in [0.29, 0.717) is 12.2 Å². The number of para-hydroxylation sites is 1. The molecule has 8 heteroatoms. The second kappa shape index (κ2) is 10.9. The fraction of sp³-hybridized carbons (Fsp3) is 0.391. The predicted molar refractivity (Wildman–Crippen MR) is 123 cm³/mol. The average Bonchev–Trinajstić information content (AvgIpc) is 2.74. The lowest BCUT2D eigenvalue weighted by molar-refractivity contribution is -0.139. The Labute approximate surface area is 185 Å². The number of hydrogen-bond donors (Lipinski definition) is 1. The van der Waals surface area contributed by atoms with Crippen LogP contribution in [0.1, 0.15) is 31.4 Å². The van der Waals surface area contributed by atoms with Gasteiger partial charge in [-0.2, -0.15) is 0 Å². The molecule has 0 unspecified atom stereocenters. The Morgan fingerprint density at radius 1 is 1.03 bits per heavy atom. The molecule has 0 aliphatic rings. The molecule has 0 radical (unpaired) electrons. The maximum absolute atomic E-state index is 13.3.